The number of nitrogens with zero attached hydrogens (tertiary/aromatic N) is 5. The third-order valence-electron chi connectivity index (χ3n) is 3.98. The zero-order chi connectivity index (χ0) is 16.9. The van der Waals surface area contributed by atoms with E-state index in [0.29, 0.717) is 5.95 Å². The van der Waals surface area contributed by atoms with E-state index in [1.54, 1.807) is 10.7 Å². The van der Waals surface area contributed by atoms with Crippen molar-refractivity contribution in [1.82, 2.24) is 14.6 Å². The smallest absolute Gasteiger partial charge is 0.263 e. The SMILES string of the molecule is C[N+]1=Nc2ccc(-c3ccn4nc(NCC(C)(C)F)ncc34)cc21. The minimum atomic E-state index is -1.32. The van der Waals surface area contributed by atoms with Crippen molar-refractivity contribution in [3.63, 3.8) is 0 Å². The maximum Gasteiger partial charge on any atom is 0.263 e. The van der Waals surface area contributed by atoms with Gasteiger partial charge in [0.15, 0.2) is 7.05 Å². The summed E-state index contributed by atoms with van der Waals surface area (Å²) < 4.78 is 17.2. The van der Waals surface area contributed by atoms with Gasteiger partial charge in [-0.2, -0.15) is 0 Å². The first-order valence-corrected chi connectivity index (χ1v) is 7.78. The van der Waals surface area contributed by atoms with Crippen LogP contribution >= 0.6 is 0 Å². The van der Waals surface area contributed by atoms with E-state index in [2.05, 4.69) is 26.6 Å². The predicted octanol–water partition coefficient (Wildman–Crippen LogP) is 3.93. The lowest BCUT2D eigenvalue weighted by Gasteiger charge is -2.14. The Labute approximate surface area is 138 Å². The first kappa shape index (κ1) is 14.7. The Balaban J connectivity index is 1.66. The zero-order valence-electron chi connectivity index (χ0n) is 13.8. The van der Waals surface area contributed by atoms with Crippen molar-refractivity contribution in [3.05, 3.63) is 36.7 Å². The van der Waals surface area contributed by atoms with Gasteiger partial charge in [-0.05, 0) is 31.5 Å². The maximum atomic E-state index is 13.6. The molecular weight excluding hydrogens is 307 g/mol. The summed E-state index contributed by atoms with van der Waals surface area (Å²) in [5.41, 5.74) is 3.84. The summed E-state index contributed by atoms with van der Waals surface area (Å²) in [5, 5.41) is 11.6. The van der Waals surface area contributed by atoms with Gasteiger partial charge in [-0.15, -0.1) is 5.10 Å². The molecule has 0 fully saturated rings. The molecule has 0 bridgehead atoms. The van der Waals surface area contributed by atoms with E-state index in [0.717, 1.165) is 28.0 Å². The van der Waals surface area contributed by atoms with Crippen molar-refractivity contribution in [3.8, 4) is 11.1 Å². The Bertz CT molecular complexity index is 967. The second kappa shape index (κ2) is 5.09. The fraction of sp³-hybridized carbons (Fsp3) is 0.294. The molecule has 1 aliphatic rings. The van der Waals surface area contributed by atoms with Gasteiger partial charge in [-0.3, -0.25) is 0 Å². The van der Waals surface area contributed by atoms with Gasteiger partial charge in [0.05, 0.1) is 18.3 Å². The summed E-state index contributed by atoms with van der Waals surface area (Å²) >= 11 is 0. The monoisotopic (exact) mass is 325 g/mol. The Morgan fingerprint density at radius 2 is 2.12 bits per heavy atom. The number of aromatic nitrogens is 3. The van der Waals surface area contributed by atoms with Crippen LogP contribution in [0.25, 0.3) is 16.6 Å². The molecule has 0 saturated carbocycles. The highest BCUT2D eigenvalue weighted by molar-refractivity contribution is 5.83. The van der Waals surface area contributed by atoms with E-state index >= 15 is 0 Å². The third-order valence-corrected chi connectivity index (χ3v) is 3.98. The van der Waals surface area contributed by atoms with Crippen LogP contribution in [0.15, 0.2) is 41.8 Å². The van der Waals surface area contributed by atoms with Crippen LogP contribution in [0.2, 0.25) is 0 Å². The fourth-order valence-corrected chi connectivity index (χ4v) is 2.72. The van der Waals surface area contributed by atoms with Gasteiger partial charge < -0.3 is 5.32 Å². The highest BCUT2D eigenvalue weighted by atomic mass is 19.1. The molecule has 0 saturated heterocycles. The van der Waals surface area contributed by atoms with Crippen LogP contribution in [0.3, 0.4) is 0 Å². The molecule has 122 valence electrons. The quantitative estimate of drug-likeness (QED) is 0.740. The van der Waals surface area contributed by atoms with Crippen molar-refractivity contribution in [2.45, 2.75) is 19.5 Å². The van der Waals surface area contributed by atoms with E-state index in [9.17, 15) is 4.39 Å². The zero-order valence-corrected chi connectivity index (χ0v) is 13.8. The second-order valence-electron chi connectivity index (χ2n) is 6.54. The molecule has 1 aromatic carbocycles. The molecule has 6 nitrogen and oxygen atoms in total. The molecule has 0 spiro atoms. The molecule has 24 heavy (non-hydrogen) atoms. The molecule has 0 amide bonds. The van der Waals surface area contributed by atoms with Gasteiger partial charge in [-0.1, -0.05) is 10.8 Å². The summed E-state index contributed by atoms with van der Waals surface area (Å²) in [4.78, 5) is 4.30. The van der Waals surface area contributed by atoms with Crippen LogP contribution in [0.5, 0.6) is 0 Å². The van der Waals surface area contributed by atoms with Crippen molar-refractivity contribution in [2.24, 2.45) is 5.11 Å². The lowest BCUT2D eigenvalue weighted by atomic mass is 10.1. The Kier molecular flexibility index (Phi) is 3.13. The van der Waals surface area contributed by atoms with Crippen molar-refractivity contribution in [1.29, 1.82) is 0 Å². The molecule has 2 aromatic heterocycles. The number of halogens is 1. The molecule has 0 unspecified atom stereocenters. The standard InChI is InChI=1S/C17H18FN6/c1-17(2,18)10-20-16-19-9-15-12(6-7-24(15)22-16)11-4-5-13-14(8-11)23(3)21-13/h4-9H,10H2,1-3H3,(H,19,20,22)/q+1. The van der Waals surface area contributed by atoms with Crippen LogP contribution in [-0.4, -0.2) is 38.6 Å². The number of azo groups is 2. The normalized spacial score (nSPS) is 13.4. The molecule has 3 heterocycles. The van der Waals surface area contributed by atoms with Crippen LogP contribution in [0.4, 0.5) is 21.7 Å². The summed E-state index contributed by atoms with van der Waals surface area (Å²) in [7, 11) is 1.93. The molecule has 1 aliphatic heterocycles. The highest BCUT2D eigenvalue weighted by Crippen LogP contribution is 2.39. The summed E-state index contributed by atoms with van der Waals surface area (Å²) in [6.45, 7) is 3.19. The van der Waals surface area contributed by atoms with E-state index in [1.807, 2.05) is 36.1 Å². The van der Waals surface area contributed by atoms with Crippen molar-refractivity contribution >= 4 is 22.8 Å². The van der Waals surface area contributed by atoms with E-state index in [-0.39, 0.29) is 6.54 Å². The first-order chi connectivity index (χ1) is 11.4. The van der Waals surface area contributed by atoms with Gasteiger partial charge in [0, 0.05) is 22.9 Å². The highest BCUT2D eigenvalue weighted by Gasteiger charge is 2.25. The third kappa shape index (κ3) is 2.51. The van der Waals surface area contributed by atoms with Crippen molar-refractivity contribution in [2.75, 3.05) is 18.9 Å². The van der Waals surface area contributed by atoms with Gasteiger partial charge in [0.2, 0.25) is 11.6 Å². The average Bonchev–Trinajstić information content (AvgIpc) is 2.94. The van der Waals surface area contributed by atoms with Crippen LogP contribution in [-0.2, 0) is 0 Å². The number of fused-ring (bicyclic) bond motifs is 2. The van der Waals surface area contributed by atoms with Gasteiger partial charge in [0.1, 0.15) is 5.67 Å². The number of hydrogen-bond acceptors (Lipinski definition) is 4. The van der Waals surface area contributed by atoms with Crippen LogP contribution < -0.4 is 5.32 Å². The lowest BCUT2D eigenvalue weighted by Crippen LogP contribution is -2.25. The van der Waals surface area contributed by atoms with Gasteiger partial charge in [0.25, 0.3) is 5.69 Å². The minimum Gasteiger partial charge on any atom is -0.350 e. The number of hydrogen-bond donors (Lipinski definition) is 1. The largest absolute Gasteiger partial charge is 0.350 e. The molecule has 0 aliphatic carbocycles. The Hall–Kier alpha value is -2.83. The number of benzene rings is 1. The molecule has 0 atom stereocenters. The lowest BCUT2D eigenvalue weighted by molar-refractivity contribution is -0.494. The minimum absolute atomic E-state index is 0.160. The van der Waals surface area contributed by atoms with E-state index < -0.39 is 5.67 Å². The number of alkyl halides is 1. The van der Waals surface area contributed by atoms with Crippen LogP contribution in [0, 0.1) is 0 Å². The summed E-state index contributed by atoms with van der Waals surface area (Å²) in [5.74, 6) is 0.408. The maximum absolute atomic E-state index is 13.6. The summed E-state index contributed by atoms with van der Waals surface area (Å²) in [6.07, 6.45) is 3.63. The predicted molar refractivity (Wildman–Crippen MR) is 90.0 cm³/mol. The molecule has 4 rings (SSSR count). The Morgan fingerprint density at radius 3 is 2.88 bits per heavy atom. The van der Waals surface area contributed by atoms with Gasteiger partial charge >= 0.3 is 0 Å². The molecule has 1 N–H and O–H groups in total. The molecule has 7 heteroatoms. The first-order valence-electron chi connectivity index (χ1n) is 7.78. The molecular formula is C17H18FN6+. The van der Waals surface area contributed by atoms with E-state index in [4.69, 9.17) is 0 Å². The Morgan fingerprint density at radius 1 is 1.29 bits per heavy atom. The second-order valence-corrected chi connectivity index (χ2v) is 6.54. The van der Waals surface area contributed by atoms with E-state index in [1.165, 1.54) is 13.8 Å². The number of anilines is 1. The number of nitrogens with one attached hydrogen (secondary N) is 1. The summed E-state index contributed by atoms with van der Waals surface area (Å²) in [6, 6.07) is 8.16. The molecule has 0 radical (unpaired) electrons. The van der Waals surface area contributed by atoms with Gasteiger partial charge in [-0.25, -0.2) is 13.9 Å². The fourth-order valence-electron chi connectivity index (χ4n) is 2.72. The van der Waals surface area contributed by atoms with Crippen LogP contribution in [0.1, 0.15) is 13.8 Å². The number of rotatable bonds is 4. The topological polar surface area (TPSA) is 57.6 Å². The van der Waals surface area contributed by atoms with Crippen molar-refractivity contribution < 1.29 is 9.09 Å². The molecule has 3 aromatic rings. The average molecular weight is 325 g/mol.